The van der Waals surface area contributed by atoms with E-state index in [1.54, 1.807) is 25.3 Å². The minimum Gasteiger partial charge on any atom is -0.490 e. The van der Waals surface area contributed by atoms with Crippen LogP contribution in [0.5, 0.6) is 5.75 Å². The lowest BCUT2D eigenvalue weighted by Gasteiger charge is -2.08. The van der Waals surface area contributed by atoms with Gasteiger partial charge in [0, 0.05) is 12.8 Å². The third-order valence-electron chi connectivity index (χ3n) is 1.87. The molecule has 6 heteroatoms. The maximum Gasteiger partial charge on any atom is 0.138 e. The Balaban J connectivity index is 0.00000256. The summed E-state index contributed by atoms with van der Waals surface area (Å²) in [7, 11) is 1.63. The van der Waals surface area contributed by atoms with Gasteiger partial charge in [-0.25, -0.2) is 0 Å². The van der Waals surface area contributed by atoms with E-state index in [1.807, 2.05) is 0 Å². The summed E-state index contributed by atoms with van der Waals surface area (Å²) >= 11 is 5.93. The van der Waals surface area contributed by atoms with Crippen LogP contribution in [0.25, 0.3) is 0 Å². The van der Waals surface area contributed by atoms with E-state index in [9.17, 15) is 0 Å². The van der Waals surface area contributed by atoms with Crippen molar-refractivity contribution in [2.24, 2.45) is 0 Å². The molecule has 0 spiro atoms. The second kappa shape index (κ2) is 9.36. The second-order valence-electron chi connectivity index (χ2n) is 3.14. The molecule has 0 aromatic heterocycles. The van der Waals surface area contributed by atoms with E-state index >= 15 is 0 Å². The van der Waals surface area contributed by atoms with E-state index in [2.05, 4.69) is 0 Å². The van der Waals surface area contributed by atoms with Gasteiger partial charge in [0.2, 0.25) is 0 Å². The van der Waals surface area contributed by atoms with E-state index in [0.29, 0.717) is 42.9 Å². The molecule has 0 radical (unpaired) electrons. The van der Waals surface area contributed by atoms with Crippen LogP contribution >= 0.6 is 24.0 Å². The second-order valence-corrected chi connectivity index (χ2v) is 3.55. The predicted octanol–water partition coefficient (Wildman–Crippen LogP) is 2.39. The van der Waals surface area contributed by atoms with Crippen molar-refractivity contribution in [1.82, 2.24) is 0 Å². The number of hydrogen-bond donors (Lipinski definition) is 1. The molecule has 0 saturated carbocycles. The summed E-state index contributed by atoms with van der Waals surface area (Å²) in [5.74, 6) is 0.617. The molecule has 98 valence electrons. The fraction of sp³-hybridized carbons (Fsp3) is 0.455. The molecule has 17 heavy (non-hydrogen) atoms. The molecule has 0 fully saturated rings. The third kappa shape index (κ3) is 6.58. The fourth-order valence-corrected chi connectivity index (χ4v) is 1.33. The van der Waals surface area contributed by atoms with Crippen LogP contribution in [-0.2, 0) is 9.47 Å². The van der Waals surface area contributed by atoms with Gasteiger partial charge in [-0.15, -0.1) is 12.4 Å². The zero-order valence-electron chi connectivity index (χ0n) is 9.65. The SMILES string of the molecule is COCCOCCOc1ccc(N)cc1Cl.Cl. The van der Waals surface area contributed by atoms with Gasteiger partial charge in [-0.3, -0.25) is 0 Å². The topological polar surface area (TPSA) is 53.7 Å². The standard InChI is InChI=1S/C11H16ClNO3.ClH/c1-14-4-5-15-6-7-16-11-3-2-9(13)8-10(11)12;/h2-3,8H,4-7,13H2,1H3;1H. The molecule has 0 atom stereocenters. The van der Waals surface area contributed by atoms with Crippen LogP contribution in [0, 0.1) is 0 Å². The van der Waals surface area contributed by atoms with Gasteiger partial charge in [-0.05, 0) is 18.2 Å². The summed E-state index contributed by atoms with van der Waals surface area (Å²) in [5.41, 5.74) is 6.18. The highest BCUT2D eigenvalue weighted by atomic mass is 35.5. The zero-order valence-corrected chi connectivity index (χ0v) is 11.2. The minimum atomic E-state index is 0. The van der Waals surface area contributed by atoms with Crippen molar-refractivity contribution in [1.29, 1.82) is 0 Å². The smallest absolute Gasteiger partial charge is 0.138 e. The molecule has 0 amide bonds. The number of methoxy groups -OCH3 is 1. The van der Waals surface area contributed by atoms with Crippen LogP contribution in [0.1, 0.15) is 0 Å². The highest BCUT2D eigenvalue weighted by Gasteiger charge is 2.01. The maximum absolute atomic E-state index is 5.93. The van der Waals surface area contributed by atoms with E-state index in [1.165, 1.54) is 0 Å². The van der Waals surface area contributed by atoms with Crippen LogP contribution in [0.15, 0.2) is 18.2 Å². The van der Waals surface area contributed by atoms with Gasteiger partial charge in [-0.2, -0.15) is 0 Å². The molecule has 0 heterocycles. The number of nitrogens with two attached hydrogens (primary N) is 1. The van der Waals surface area contributed by atoms with Crippen molar-refractivity contribution in [3.05, 3.63) is 23.2 Å². The summed E-state index contributed by atoms with van der Waals surface area (Å²) in [6.07, 6.45) is 0. The van der Waals surface area contributed by atoms with Crippen molar-refractivity contribution in [3.8, 4) is 5.75 Å². The number of halogens is 2. The molecular weight excluding hydrogens is 265 g/mol. The molecule has 0 saturated heterocycles. The Bertz CT molecular complexity index is 324. The molecule has 0 aliphatic heterocycles. The minimum absolute atomic E-state index is 0. The Morgan fingerprint density at radius 1 is 1.18 bits per heavy atom. The highest BCUT2D eigenvalue weighted by Crippen LogP contribution is 2.26. The first-order valence-corrected chi connectivity index (χ1v) is 5.36. The Hall–Kier alpha value is -0.680. The monoisotopic (exact) mass is 281 g/mol. The van der Waals surface area contributed by atoms with Crippen LogP contribution in [0.2, 0.25) is 5.02 Å². The quantitative estimate of drug-likeness (QED) is 0.616. The van der Waals surface area contributed by atoms with Crippen molar-refractivity contribution in [2.45, 2.75) is 0 Å². The molecule has 1 rings (SSSR count). The van der Waals surface area contributed by atoms with Crippen LogP contribution in [0.4, 0.5) is 5.69 Å². The normalized spacial score (nSPS) is 9.76. The number of nitrogen functional groups attached to an aromatic ring is 1. The molecule has 0 unspecified atom stereocenters. The largest absolute Gasteiger partial charge is 0.490 e. The van der Waals surface area contributed by atoms with Crippen molar-refractivity contribution < 1.29 is 14.2 Å². The maximum atomic E-state index is 5.93. The number of hydrogen-bond acceptors (Lipinski definition) is 4. The van der Waals surface area contributed by atoms with E-state index < -0.39 is 0 Å². The molecule has 1 aromatic carbocycles. The fourth-order valence-electron chi connectivity index (χ4n) is 1.09. The van der Waals surface area contributed by atoms with Gasteiger partial charge in [-0.1, -0.05) is 11.6 Å². The van der Waals surface area contributed by atoms with Gasteiger partial charge < -0.3 is 19.9 Å². The van der Waals surface area contributed by atoms with Crippen molar-refractivity contribution >= 4 is 29.7 Å². The molecule has 0 aliphatic rings. The number of anilines is 1. The van der Waals surface area contributed by atoms with E-state index in [0.717, 1.165) is 0 Å². The van der Waals surface area contributed by atoms with Crippen molar-refractivity contribution in [3.63, 3.8) is 0 Å². The van der Waals surface area contributed by atoms with Gasteiger partial charge in [0.15, 0.2) is 0 Å². The summed E-state index contributed by atoms with van der Waals surface area (Å²) in [6, 6.07) is 5.14. The highest BCUT2D eigenvalue weighted by molar-refractivity contribution is 6.32. The van der Waals surface area contributed by atoms with Gasteiger partial charge in [0.1, 0.15) is 12.4 Å². The Morgan fingerprint density at radius 3 is 2.53 bits per heavy atom. The summed E-state index contributed by atoms with van der Waals surface area (Å²) < 4.78 is 15.5. The van der Waals surface area contributed by atoms with E-state index in [-0.39, 0.29) is 12.4 Å². The van der Waals surface area contributed by atoms with Crippen LogP contribution in [0.3, 0.4) is 0 Å². The molecule has 4 nitrogen and oxygen atoms in total. The molecule has 1 aromatic rings. The van der Waals surface area contributed by atoms with Gasteiger partial charge in [0.05, 0.1) is 24.8 Å². The van der Waals surface area contributed by atoms with Crippen LogP contribution < -0.4 is 10.5 Å². The molecule has 0 bridgehead atoms. The first-order valence-electron chi connectivity index (χ1n) is 4.98. The molecule has 2 N–H and O–H groups in total. The Morgan fingerprint density at radius 2 is 1.88 bits per heavy atom. The van der Waals surface area contributed by atoms with Crippen LogP contribution in [-0.4, -0.2) is 33.5 Å². The summed E-state index contributed by atoms with van der Waals surface area (Å²) in [4.78, 5) is 0. The van der Waals surface area contributed by atoms with Gasteiger partial charge in [0.25, 0.3) is 0 Å². The predicted molar refractivity (Wildman–Crippen MR) is 71.3 cm³/mol. The lowest BCUT2D eigenvalue weighted by Crippen LogP contribution is -2.10. The first kappa shape index (κ1) is 16.3. The summed E-state index contributed by atoms with van der Waals surface area (Å²) in [5, 5.41) is 0.511. The lowest BCUT2D eigenvalue weighted by atomic mass is 10.3. The van der Waals surface area contributed by atoms with Crippen molar-refractivity contribution in [2.75, 3.05) is 39.3 Å². The first-order chi connectivity index (χ1) is 7.74. The van der Waals surface area contributed by atoms with E-state index in [4.69, 9.17) is 31.5 Å². The Kier molecular flexibility index (Phi) is 8.99. The van der Waals surface area contributed by atoms with Gasteiger partial charge >= 0.3 is 0 Å². The molecular formula is C11H17Cl2NO3. The summed E-state index contributed by atoms with van der Waals surface area (Å²) in [6.45, 7) is 2.11. The lowest BCUT2D eigenvalue weighted by molar-refractivity contribution is 0.0544. The zero-order chi connectivity index (χ0) is 11.8. The number of ether oxygens (including phenoxy) is 3. The Labute approximate surface area is 112 Å². The number of benzene rings is 1. The third-order valence-corrected chi connectivity index (χ3v) is 2.17. The molecule has 0 aliphatic carbocycles. The average molecular weight is 282 g/mol. The number of rotatable bonds is 7. The average Bonchev–Trinajstić information content (AvgIpc) is 2.26.